The van der Waals surface area contributed by atoms with Crippen LogP contribution in [-0.4, -0.2) is 23.6 Å². The molecule has 2 aromatic rings. The van der Waals surface area contributed by atoms with Crippen molar-refractivity contribution >= 4 is 5.78 Å². The van der Waals surface area contributed by atoms with Crippen LogP contribution in [0, 0.1) is 0 Å². The van der Waals surface area contributed by atoms with Crippen LogP contribution in [0.5, 0.6) is 11.5 Å². The fourth-order valence-corrected chi connectivity index (χ4v) is 2.35. The molecule has 1 aromatic heterocycles. The van der Waals surface area contributed by atoms with Crippen LogP contribution in [0.1, 0.15) is 23.2 Å². The van der Waals surface area contributed by atoms with Crippen LogP contribution in [0.2, 0.25) is 0 Å². The summed E-state index contributed by atoms with van der Waals surface area (Å²) >= 11 is 0. The Morgan fingerprint density at radius 3 is 2.90 bits per heavy atom. The van der Waals surface area contributed by atoms with Gasteiger partial charge in [0.05, 0.1) is 13.2 Å². The number of hydrogen-bond donors (Lipinski definition) is 0. The van der Waals surface area contributed by atoms with Crippen molar-refractivity contribution in [2.75, 3.05) is 13.2 Å². The van der Waals surface area contributed by atoms with E-state index in [2.05, 4.69) is 4.57 Å². The highest BCUT2D eigenvalue weighted by Gasteiger charge is 2.22. The van der Waals surface area contributed by atoms with E-state index in [-0.39, 0.29) is 5.78 Å². The predicted octanol–water partition coefficient (Wildman–Crippen LogP) is 2.92. The third-order valence-electron chi connectivity index (χ3n) is 3.34. The van der Waals surface area contributed by atoms with E-state index in [1.54, 1.807) is 0 Å². The molecular formula is C16H17NO3. The van der Waals surface area contributed by atoms with Gasteiger partial charge in [-0.3, -0.25) is 4.79 Å². The lowest BCUT2D eigenvalue weighted by Gasteiger charge is -2.19. The second-order valence-corrected chi connectivity index (χ2v) is 4.77. The van der Waals surface area contributed by atoms with Crippen LogP contribution in [0.25, 0.3) is 0 Å². The lowest BCUT2D eigenvalue weighted by atomic mass is 10.0. The smallest absolute Gasteiger partial charge is 0.173 e. The number of aryl methyl sites for hydroxylation is 1. The van der Waals surface area contributed by atoms with Crippen LogP contribution < -0.4 is 9.47 Å². The largest absolute Gasteiger partial charge is 0.493 e. The highest BCUT2D eigenvalue weighted by atomic mass is 16.5. The van der Waals surface area contributed by atoms with E-state index in [1.807, 2.05) is 42.7 Å². The fraction of sp³-hybridized carbons (Fsp3) is 0.312. The third kappa shape index (κ3) is 2.69. The van der Waals surface area contributed by atoms with Crippen molar-refractivity contribution in [3.63, 3.8) is 0 Å². The van der Waals surface area contributed by atoms with Gasteiger partial charge in [0.2, 0.25) is 0 Å². The molecule has 0 atom stereocenters. The minimum Gasteiger partial charge on any atom is -0.493 e. The van der Waals surface area contributed by atoms with Gasteiger partial charge in [-0.15, -0.1) is 0 Å². The SMILES string of the molecule is O=C1CCOc2cccc(OCCCn3cccc3)c21. The number of Topliss-reactive ketones (excluding diaryl/α,β-unsaturated/α-hetero) is 1. The number of benzene rings is 1. The van der Waals surface area contributed by atoms with Crippen LogP contribution in [0.15, 0.2) is 42.7 Å². The zero-order valence-corrected chi connectivity index (χ0v) is 11.2. The molecule has 1 aliphatic heterocycles. The van der Waals surface area contributed by atoms with Crippen molar-refractivity contribution in [3.05, 3.63) is 48.3 Å². The molecule has 1 aliphatic rings. The van der Waals surface area contributed by atoms with Crippen molar-refractivity contribution in [3.8, 4) is 11.5 Å². The monoisotopic (exact) mass is 271 g/mol. The summed E-state index contributed by atoms with van der Waals surface area (Å²) in [5, 5.41) is 0. The molecule has 0 fully saturated rings. The summed E-state index contributed by atoms with van der Waals surface area (Å²) in [7, 11) is 0. The third-order valence-corrected chi connectivity index (χ3v) is 3.34. The summed E-state index contributed by atoms with van der Waals surface area (Å²) in [5.41, 5.74) is 0.597. The molecule has 3 rings (SSSR count). The molecule has 0 unspecified atom stereocenters. The van der Waals surface area contributed by atoms with Gasteiger partial charge in [-0.2, -0.15) is 0 Å². The Labute approximate surface area is 117 Å². The first kappa shape index (κ1) is 12.8. The Morgan fingerprint density at radius 1 is 1.20 bits per heavy atom. The van der Waals surface area contributed by atoms with Crippen molar-refractivity contribution in [2.45, 2.75) is 19.4 Å². The van der Waals surface area contributed by atoms with E-state index in [1.165, 1.54) is 0 Å². The van der Waals surface area contributed by atoms with Gasteiger partial charge in [0.25, 0.3) is 0 Å². The zero-order valence-electron chi connectivity index (χ0n) is 11.2. The number of nitrogens with zero attached hydrogens (tertiary/aromatic N) is 1. The fourth-order valence-electron chi connectivity index (χ4n) is 2.35. The van der Waals surface area contributed by atoms with E-state index in [9.17, 15) is 4.79 Å². The van der Waals surface area contributed by atoms with Gasteiger partial charge in [-0.1, -0.05) is 6.07 Å². The summed E-state index contributed by atoms with van der Waals surface area (Å²) in [6.45, 7) is 1.96. The van der Waals surface area contributed by atoms with Gasteiger partial charge < -0.3 is 14.0 Å². The van der Waals surface area contributed by atoms with Crippen LogP contribution in [-0.2, 0) is 6.54 Å². The van der Waals surface area contributed by atoms with Crippen molar-refractivity contribution in [2.24, 2.45) is 0 Å². The van der Waals surface area contributed by atoms with Crippen LogP contribution >= 0.6 is 0 Å². The molecule has 0 saturated heterocycles. The molecule has 0 saturated carbocycles. The van der Waals surface area contributed by atoms with Crippen molar-refractivity contribution in [1.82, 2.24) is 4.57 Å². The maximum absolute atomic E-state index is 12.0. The highest BCUT2D eigenvalue weighted by molar-refractivity contribution is 6.02. The minimum absolute atomic E-state index is 0.104. The first-order valence-corrected chi connectivity index (χ1v) is 6.87. The Morgan fingerprint density at radius 2 is 2.05 bits per heavy atom. The highest BCUT2D eigenvalue weighted by Crippen LogP contribution is 2.32. The number of aromatic nitrogens is 1. The molecule has 2 heterocycles. The van der Waals surface area contributed by atoms with Gasteiger partial charge in [0.1, 0.15) is 17.1 Å². The zero-order chi connectivity index (χ0) is 13.8. The van der Waals surface area contributed by atoms with Gasteiger partial charge in [-0.25, -0.2) is 0 Å². The average molecular weight is 271 g/mol. The Balaban J connectivity index is 1.61. The first-order chi connectivity index (χ1) is 9.84. The summed E-state index contributed by atoms with van der Waals surface area (Å²) in [6.07, 6.45) is 5.38. The molecule has 104 valence electrons. The van der Waals surface area contributed by atoms with Crippen LogP contribution in [0.3, 0.4) is 0 Å². The van der Waals surface area contributed by atoms with Gasteiger partial charge in [0.15, 0.2) is 5.78 Å². The predicted molar refractivity (Wildman–Crippen MR) is 75.4 cm³/mol. The molecule has 0 N–H and O–H groups in total. The van der Waals surface area contributed by atoms with Crippen molar-refractivity contribution < 1.29 is 14.3 Å². The van der Waals surface area contributed by atoms with Gasteiger partial charge >= 0.3 is 0 Å². The average Bonchev–Trinajstić information content (AvgIpc) is 2.97. The summed E-state index contributed by atoms with van der Waals surface area (Å²) in [4.78, 5) is 12.0. The Bertz CT molecular complexity index is 590. The topological polar surface area (TPSA) is 40.5 Å². The minimum atomic E-state index is 0.104. The molecule has 1 aromatic carbocycles. The molecule has 0 aliphatic carbocycles. The number of carbonyl (C=O) groups is 1. The summed E-state index contributed by atoms with van der Waals surface area (Å²) in [5.74, 6) is 1.39. The molecule has 0 radical (unpaired) electrons. The van der Waals surface area contributed by atoms with E-state index >= 15 is 0 Å². The summed E-state index contributed by atoms with van der Waals surface area (Å²) in [6, 6.07) is 9.52. The molecule has 0 spiro atoms. The maximum Gasteiger partial charge on any atom is 0.173 e. The van der Waals surface area contributed by atoms with Gasteiger partial charge in [-0.05, 0) is 30.7 Å². The molecule has 0 amide bonds. The number of ether oxygens (including phenoxy) is 2. The van der Waals surface area contributed by atoms with E-state index in [0.717, 1.165) is 13.0 Å². The second kappa shape index (κ2) is 5.82. The molecular weight excluding hydrogens is 254 g/mol. The number of hydrogen-bond acceptors (Lipinski definition) is 3. The number of ketones is 1. The van der Waals surface area contributed by atoms with Crippen LogP contribution in [0.4, 0.5) is 0 Å². The second-order valence-electron chi connectivity index (χ2n) is 4.77. The lowest BCUT2D eigenvalue weighted by Crippen LogP contribution is -2.17. The molecule has 0 bridgehead atoms. The summed E-state index contributed by atoms with van der Waals surface area (Å²) < 4.78 is 13.4. The molecule has 4 heteroatoms. The normalized spacial score (nSPS) is 13.7. The Kier molecular flexibility index (Phi) is 3.72. The number of rotatable bonds is 5. The first-order valence-electron chi connectivity index (χ1n) is 6.87. The quantitative estimate of drug-likeness (QED) is 0.785. The molecule has 4 nitrogen and oxygen atoms in total. The van der Waals surface area contributed by atoms with E-state index in [4.69, 9.17) is 9.47 Å². The van der Waals surface area contributed by atoms with Gasteiger partial charge in [0, 0.05) is 25.4 Å². The number of fused-ring (bicyclic) bond motifs is 1. The van der Waals surface area contributed by atoms with E-state index < -0.39 is 0 Å². The van der Waals surface area contributed by atoms with Crippen molar-refractivity contribution in [1.29, 1.82) is 0 Å². The lowest BCUT2D eigenvalue weighted by molar-refractivity contribution is 0.0928. The maximum atomic E-state index is 12.0. The Hall–Kier alpha value is -2.23. The standard InChI is InChI=1S/C16H17NO3/c18-13-7-12-20-15-6-3-5-14(16(13)15)19-11-4-10-17-8-1-2-9-17/h1-3,5-6,8-9H,4,7,10-12H2. The number of carbonyl (C=O) groups excluding carboxylic acids is 1. The molecule has 20 heavy (non-hydrogen) atoms. The van der Waals surface area contributed by atoms with E-state index in [0.29, 0.717) is 36.7 Å².